The molecule has 3 rings (SSSR count). The zero-order valence-corrected chi connectivity index (χ0v) is 37.2. The monoisotopic (exact) mass is 941 g/mol. The molecule has 1 heterocycles. The van der Waals surface area contributed by atoms with Crippen LogP contribution >= 0.6 is 0 Å². The molecule has 7 amide bonds. The van der Waals surface area contributed by atoms with Crippen molar-refractivity contribution in [3.05, 3.63) is 83.7 Å². The highest BCUT2D eigenvalue weighted by atomic mass is 19.1. The van der Waals surface area contributed by atoms with Crippen molar-refractivity contribution in [3.63, 3.8) is 0 Å². The molecule has 0 aliphatic heterocycles. The maximum absolute atomic E-state index is 15.3. The molecule has 0 saturated heterocycles. The summed E-state index contributed by atoms with van der Waals surface area (Å²) in [6, 6.07) is 7.72. The van der Waals surface area contributed by atoms with Gasteiger partial charge in [0.05, 0.1) is 25.6 Å². The molecular formula is C44H57F2N9O12. The second kappa shape index (κ2) is 25.4. The first kappa shape index (κ1) is 54.1. The van der Waals surface area contributed by atoms with Crippen LogP contribution in [-0.2, 0) is 49.7 Å². The van der Waals surface area contributed by atoms with Gasteiger partial charge in [-0.05, 0) is 48.1 Å². The summed E-state index contributed by atoms with van der Waals surface area (Å²) in [6.45, 7) is 2.50. The van der Waals surface area contributed by atoms with E-state index in [0.29, 0.717) is 5.69 Å². The van der Waals surface area contributed by atoms with Crippen LogP contribution in [0.3, 0.4) is 0 Å². The third-order valence-electron chi connectivity index (χ3n) is 10.1. The van der Waals surface area contributed by atoms with E-state index in [2.05, 4.69) is 26.6 Å². The van der Waals surface area contributed by atoms with Crippen LogP contribution in [0.2, 0.25) is 0 Å². The van der Waals surface area contributed by atoms with Crippen molar-refractivity contribution >= 4 is 53.3 Å². The quantitative estimate of drug-likeness (QED) is 0.0492. The van der Waals surface area contributed by atoms with Crippen molar-refractivity contribution < 1.29 is 67.3 Å². The van der Waals surface area contributed by atoms with Gasteiger partial charge in [-0.1, -0.05) is 51.1 Å². The van der Waals surface area contributed by atoms with Gasteiger partial charge < -0.3 is 62.8 Å². The molecule has 0 aliphatic rings. The van der Waals surface area contributed by atoms with Gasteiger partial charge in [0.15, 0.2) is 0 Å². The lowest BCUT2D eigenvalue weighted by molar-refractivity contribution is -0.143. The molecule has 3 aromatic rings. The van der Waals surface area contributed by atoms with Gasteiger partial charge in [-0.25, -0.2) is 13.6 Å². The molecule has 2 aromatic carbocycles. The lowest BCUT2D eigenvalue weighted by Crippen LogP contribution is -2.56. The first-order valence-electron chi connectivity index (χ1n) is 21.0. The summed E-state index contributed by atoms with van der Waals surface area (Å²) in [5.41, 5.74) is 11.1. The highest BCUT2D eigenvalue weighted by molar-refractivity contribution is 5.95. The molecule has 0 spiro atoms. The molecule has 67 heavy (non-hydrogen) atoms. The molecule has 0 fully saturated rings. The van der Waals surface area contributed by atoms with Gasteiger partial charge in [-0.15, -0.1) is 0 Å². The number of amides is 7. The van der Waals surface area contributed by atoms with Crippen LogP contribution in [0.1, 0.15) is 70.2 Å². The van der Waals surface area contributed by atoms with Crippen LogP contribution in [0, 0.1) is 17.0 Å². The molecule has 0 radical (unpaired) electrons. The summed E-state index contributed by atoms with van der Waals surface area (Å²) in [7, 11) is 0. The van der Waals surface area contributed by atoms with Gasteiger partial charge in [0.1, 0.15) is 36.4 Å². The summed E-state index contributed by atoms with van der Waals surface area (Å²) in [5, 5.41) is 40.2. The fourth-order valence-corrected chi connectivity index (χ4v) is 7.03. The minimum atomic E-state index is -1.71. The van der Waals surface area contributed by atoms with Gasteiger partial charge in [0, 0.05) is 55.5 Å². The van der Waals surface area contributed by atoms with E-state index >= 15 is 4.39 Å². The van der Waals surface area contributed by atoms with E-state index in [1.807, 2.05) is 12.1 Å². The molecule has 0 bridgehead atoms. The number of primary amides is 1. The number of aliphatic carboxylic acids is 2. The Kier molecular flexibility index (Phi) is 20.5. The highest BCUT2D eigenvalue weighted by Crippen LogP contribution is 2.41. The molecule has 4 atom stereocenters. The predicted molar refractivity (Wildman–Crippen MR) is 235 cm³/mol. The van der Waals surface area contributed by atoms with E-state index < -0.39 is 159 Å². The molecule has 12 N–H and O–H groups in total. The number of aromatic nitrogens is 1. The fraction of sp³-hybridized carbons (Fsp3) is 0.432. The Labute approximate surface area is 384 Å². The van der Waals surface area contributed by atoms with E-state index in [9.17, 15) is 57.8 Å². The number of rotatable bonds is 26. The van der Waals surface area contributed by atoms with Crippen LogP contribution in [0.4, 0.5) is 8.78 Å². The number of halogens is 2. The van der Waals surface area contributed by atoms with Crippen LogP contribution in [-0.4, -0.2) is 129 Å². The van der Waals surface area contributed by atoms with Gasteiger partial charge in [-0.2, -0.15) is 0 Å². The number of nitrogens with zero attached hydrogens (tertiary/aromatic N) is 2. The smallest absolute Gasteiger partial charge is 0.326 e. The Hall–Kier alpha value is -7.27. The molecule has 1 aromatic heterocycles. The van der Waals surface area contributed by atoms with Gasteiger partial charge in [0.25, 0.3) is 0 Å². The topological polar surface area (TPSA) is 335 Å². The molecule has 364 valence electrons. The maximum Gasteiger partial charge on any atom is 0.326 e. The molecule has 23 heteroatoms. The van der Waals surface area contributed by atoms with E-state index in [4.69, 9.17) is 16.6 Å². The van der Waals surface area contributed by atoms with E-state index in [1.165, 1.54) is 4.90 Å². The number of benzene rings is 2. The fourth-order valence-electron chi connectivity index (χ4n) is 7.03. The maximum atomic E-state index is 15.3. The van der Waals surface area contributed by atoms with Crippen molar-refractivity contribution in [2.75, 3.05) is 32.8 Å². The average Bonchev–Trinajstić information content (AvgIpc) is 3.66. The van der Waals surface area contributed by atoms with Crippen molar-refractivity contribution in [1.29, 1.82) is 0 Å². The van der Waals surface area contributed by atoms with Crippen LogP contribution in [0.5, 0.6) is 0 Å². The number of hydrogen-bond acceptors (Lipinski definition) is 11. The summed E-state index contributed by atoms with van der Waals surface area (Å²) in [5.74, 6) is -10.8. The minimum absolute atomic E-state index is 0.0769. The summed E-state index contributed by atoms with van der Waals surface area (Å²) in [4.78, 5) is 114. The third-order valence-corrected chi connectivity index (χ3v) is 10.1. The van der Waals surface area contributed by atoms with Gasteiger partial charge >= 0.3 is 11.9 Å². The standard InChI is InChI=1S/C44H57F2N9O12/c1-44(2,3)40(33-17-26(28-18-27(45)9-10-29(28)46)23-54(33)22-25-7-5-4-6-8-25)55(38(61)24-56)16-14-30(41(64)49-15-13-35(58)51-31(43(66)67)11-12-39(62)63)53-42(65)32(19-34(48)57)52-37(60)21-50-36(59)20-47/h4-10,17-18,23,30-32,40,56H,11-16,19-22,24,47H2,1-3H3,(H2,48,57)(H,49,64)(H,50,59)(H,51,58)(H,52,60)(H,53,65)(H,62,63)(H,66,67). The lowest BCUT2D eigenvalue weighted by atomic mass is 9.82. The zero-order chi connectivity index (χ0) is 50.0. The Morgan fingerprint density at radius 1 is 0.791 bits per heavy atom. The van der Waals surface area contributed by atoms with Crippen molar-refractivity contribution in [2.24, 2.45) is 16.9 Å². The normalized spacial score (nSPS) is 12.9. The SMILES string of the molecule is CC(C)(C)C(c1cc(-c2cc(F)ccc2F)cn1Cc1ccccc1)N(CCC(NC(=O)C(CC(N)=O)NC(=O)CNC(=O)CN)C(=O)NCCC(=O)NC(CCC(=O)O)C(=O)O)C(=O)CO. The Morgan fingerprint density at radius 2 is 1.46 bits per heavy atom. The number of aliphatic hydroxyl groups excluding tert-OH is 1. The molecule has 0 aliphatic carbocycles. The van der Waals surface area contributed by atoms with Crippen LogP contribution in [0.15, 0.2) is 60.8 Å². The minimum Gasteiger partial charge on any atom is -0.481 e. The lowest BCUT2D eigenvalue weighted by Gasteiger charge is -2.41. The van der Waals surface area contributed by atoms with E-state index in [0.717, 1.165) is 23.8 Å². The number of hydrogen-bond donors (Lipinski definition) is 10. The second-order valence-corrected chi connectivity index (χ2v) is 16.5. The first-order chi connectivity index (χ1) is 31.5. The molecule has 4 unspecified atom stereocenters. The molecular weight excluding hydrogens is 885 g/mol. The summed E-state index contributed by atoms with van der Waals surface area (Å²) < 4.78 is 31.5. The van der Waals surface area contributed by atoms with Crippen molar-refractivity contribution in [2.45, 2.75) is 83.6 Å². The van der Waals surface area contributed by atoms with Gasteiger partial charge in [-0.3, -0.25) is 38.4 Å². The van der Waals surface area contributed by atoms with Crippen molar-refractivity contribution in [3.8, 4) is 11.1 Å². The molecule has 21 nitrogen and oxygen atoms in total. The zero-order valence-electron chi connectivity index (χ0n) is 37.2. The van der Waals surface area contributed by atoms with Crippen LogP contribution in [0.25, 0.3) is 11.1 Å². The Bertz CT molecular complexity index is 2270. The van der Waals surface area contributed by atoms with E-state index in [1.54, 1.807) is 55.8 Å². The Balaban J connectivity index is 2.06. The number of carbonyl (C=O) groups is 9. The molecule has 0 saturated carbocycles. The average molecular weight is 942 g/mol. The number of nitrogens with two attached hydrogens (primary N) is 2. The number of aliphatic hydroxyl groups is 1. The predicted octanol–water partition coefficient (Wildman–Crippen LogP) is -0.360. The van der Waals surface area contributed by atoms with Crippen molar-refractivity contribution in [1.82, 2.24) is 36.1 Å². The van der Waals surface area contributed by atoms with E-state index in [-0.39, 0.29) is 17.7 Å². The summed E-state index contributed by atoms with van der Waals surface area (Å²) in [6.07, 6.45) is -1.15. The Morgan fingerprint density at radius 3 is 2.06 bits per heavy atom. The van der Waals surface area contributed by atoms with Gasteiger partial charge in [0.2, 0.25) is 41.4 Å². The van der Waals surface area contributed by atoms with Crippen LogP contribution < -0.4 is 38.1 Å². The largest absolute Gasteiger partial charge is 0.481 e. The summed E-state index contributed by atoms with van der Waals surface area (Å²) >= 11 is 0. The number of carbonyl (C=O) groups excluding carboxylic acids is 7. The second-order valence-electron chi connectivity index (χ2n) is 16.5. The number of nitrogens with one attached hydrogen (secondary N) is 5. The highest BCUT2D eigenvalue weighted by Gasteiger charge is 2.38. The first-order valence-corrected chi connectivity index (χ1v) is 21.0. The number of carboxylic acid groups (broad SMARTS) is 2. The third kappa shape index (κ3) is 17.2. The number of carboxylic acids is 2.